The molecule has 0 aromatic heterocycles. The second-order valence-electron chi connectivity index (χ2n) is 10.6. The molecule has 1 aromatic rings. The number of unbranched alkanes of at least 4 members (excludes halogenated alkanes) is 1. The molecule has 3 aliphatic rings. The molecule has 0 amide bonds. The van der Waals surface area contributed by atoms with E-state index in [1.807, 2.05) is 0 Å². The predicted octanol–water partition coefficient (Wildman–Crippen LogP) is 7.84. The van der Waals surface area contributed by atoms with Crippen molar-refractivity contribution in [1.29, 1.82) is 0 Å². The van der Waals surface area contributed by atoms with E-state index in [2.05, 4.69) is 6.92 Å². The Hall–Kier alpha value is -1.52. The number of hydrogen-bond acceptors (Lipinski definition) is 2. The molecule has 3 aliphatic carbocycles. The van der Waals surface area contributed by atoms with Gasteiger partial charge in [0.2, 0.25) is 5.82 Å². The third-order valence-corrected chi connectivity index (χ3v) is 8.73. The van der Waals surface area contributed by atoms with Crippen LogP contribution in [0.5, 0.6) is 5.75 Å². The lowest BCUT2D eigenvalue weighted by molar-refractivity contribution is -0.144. The van der Waals surface area contributed by atoms with Crippen molar-refractivity contribution in [3.63, 3.8) is 0 Å². The molecule has 3 fully saturated rings. The Kier molecular flexibility index (Phi) is 7.83. The summed E-state index contributed by atoms with van der Waals surface area (Å²) in [6, 6.07) is 1.80. The van der Waals surface area contributed by atoms with Gasteiger partial charge in [-0.3, -0.25) is 4.79 Å². The minimum atomic E-state index is -1.60. The maximum absolute atomic E-state index is 14.0. The van der Waals surface area contributed by atoms with Crippen molar-refractivity contribution in [2.24, 2.45) is 35.5 Å². The number of rotatable bonds is 6. The molecule has 0 bridgehead atoms. The maximum atomic E-state index is 14.0. The van der Waals surface area contributed by atoms with Crippen LogP contribution in [0.4, 0.5) is 13.2 Å². The van der Waals surface area contributed by atoms with Gasteiger partial charge in [-0.2, -0.15) is 4.39 Å². The summed E-state index contributed by atoms with van der Waals surface area (Å²) in [6.07, 6.45) is 15.7. The molecule has 178 valence electrons. The Morgan fingerprint density at radius 2 is 1.66 bits per heavy atom. The van der Waals surface area contributed by atoms with Crippen molar-refractivity contribution in [1.82, 2.24) is 0 Å². The van der Waals surface area contributed by atoms with Crippen LogP contribution in [0.25, 0.3) is 0 Å². The van der Waals surface area contributed by atoms with Crippen molar-refractivity contribution in [2.75, 3.05) is 0 Å². The Labute approximate surface area is 190 Å². The average molecular weight is 451 g/mol. The van der Waals surface area contributed by atoms with Crippen LogP contribution in [0.2, 0.25) is 0 Å². The molecule has 0 radical (unpaired) electrons. The summed E-state index contributed by atoms with van der Waals surface area (Å²) in [5.74, 6) is -2.26. The van der Waals surface area contributed by atoms with E-state index in [-0.39, 0.29) is 11.8 Å². The summed E-state index contributed by atoms with van der Waals surface area (Å²) >= 11 is 0. The van der Waals surface area contributed by atoms with Gasteiger partial charge in [0.15, 0.2) is 17.4 Å². The van der Waals surface area contributed by atoms with Gasteiger partial charge in [-0.1, -0.05) is 51.9 Å². The summed E-state index contributed by atoms with van der Waals surface area (Å²) in [4.78, 5) is 12.9. The summed E-state index contributed by atoms with van der Waals surface area (Å²) in [7, 11) is 0. The SMILES string of the molecule is CCCCC1CCC(C2CCC3C(CCCC3C(=O)Oc3ccc(F)c(F)c3F)C2)CC1. The lowest BCUT2D eigenvalue weighted by atomic mass is 9.59. The molecule has 4 rings (SSSR count). The highest BCUT2D eigenvalue weighted by Gasteiger charge is 2.43. The summed E-state index contributed by atoms with van der Waals surface area (Å²) in [5, 5.41) is 0. The molecule has 0 saturated heterocycles. The van der Waals surface area contributed by atoms with Crippen molar-refractivity contribution < 1.29 is 22.7 Å². The quantitative estimate of drug-likeness (QED) is 0.251. The van der Waals surface area contributed by atoms with E-state index >= 15 is 0 Å². The smallest absolute Gasteiger partial charge is 0.314 e. The zero-order chi connectivity index (χ0) is 22.7. The first-order chi connectivity index (χ1) is 15.5. The van der Waals surface area contributed by atoms with Gasteiger partial charge in [0.05, 0.1) is 5.92 Å². The van der Waals surface area contributed by atoms with Crippen LogP contribution in [-0.2, 0) is 4.79 Å². The number of esters is 1. The van der Waals surface area contributed by atoms with E-state index in [9.17, 15) is 18.0 Å². The summed E-state index contributed by atoms with van der Waals surface area (Å²) in [6.45, 7) is 2.27. The van der Waals surface area contributed by atoms with E-state index in [0.29, 0.717) is 5.92 Å². The van der Waals surface area contributed by atoms with Gasteiger partial charge in [0.25, 0.3) is 0 Å². The van der Waals surface area contributed by atoms with E-state index in [1.165, 1.54) is 51.4 Å². The van der Waals surface area contributed by atoms with E-state index in [0.717, 1.165) is 62.0 Å². The lowest BCUT2D eigenvalue weighted by Crippen LogP contribution is -2.40. The van der Waals surface area contributed by atoms with Gasteiger partial charge >= 0.3 is 5.97 Å². The number of halogens is 3. The van der Waals surface area contributed by atoms with Gasteiger partial charge in [0, 0.05) is 0 Å². The molecule has 4 unspecified atom stereocenters. The number of benzene rings is 1. The molecule has 0 heterocycles. The minimum absolute atomic E-state index is 0.266. The van der Waals surface area contributed by atoms with Gasteiger partial charge in [-0.15, -0.1) is 0 Å². The molecule has 4 atom stereocenters. The zero-order valence-corrected chi connectivity index (χ0v) is 19.3. The molecule has 32 heavy (non-hydrogen) atoms. The number of ether oxygens (including phenoxy) is 1. The van der Waals surface area contributed by atoms with Crippen molar-refractivity contribution in [3.05, 3.63) is 29.6 Å². The second-order valence-corrected chi connectivity index (χ2v) is 10.6. The van der Waals surface area contributed by atoms with Crippen LogP contribution in [-0.4, -0.2) is 5.97 Å². The number of fused-ring (bicyclic) bond motifs is 1. The van der Waals surface area contributed by atoms with Gasteiger partial charge in [0.1, 0.15) is 0 Å². The van der Waals surface area contributed by atoms with Crippen molar-refractivity contribution in [2.45, 2.75) is 90.4 Å². The summed E-state index contributed by atoms with van der Waals surface area (Å²) < 4.78 is 45.9. The largest absolute Gasteiger partial charge is 0.423 e. The molecular formula is C27H37F3O2. The Morgan fingerprint density at radius 1 is 0.906 bits per heavy atom. The topological polar surface area (TPSA) is 26.3 Å². The fourth-order valence-electron chi connectivity index (χ4n) is 6.93. The molecule has 0 spiro atoms. The highest BCUT2D eigenvalue weighted by Crippen LogP contribution is 2.50. The summed E-state index contributed by atoms with van der Waals surface area (Å²) in [5.41, 5.74) is 0. The Bertz CT molecular complexity index is 787. The highest BCUT2D eigenvalue weighted by atomic mass is 19.2. The molecule has 5 heteroatoms. The van der Waals surface area contributed by atoms with Gasteiger partial charge < -0.3 is 4.74 Å². The zero-order valence-electron chi connectivity index (χ0n) is 19.3. The third kappa shape index (κ3) is 5.17. The first kappa shape index (κ1) is 23.6. The van der Waals surface area contributed by atoms with E-state index < -0.39 is 29.2 Å². The minimum Gasteiger partial charge on any atom is -0.423 e. The highest BCUT2D eigenvalue weighted by molar-refractivity contribution is 5.75. The molecule has 2 nitrogen and oxygen atoms in total. The first-order valence-electron chi connectivity index (χ1n) is 12.8. The monoisotopic (exact) mass is 450 g/mol. The average Bonchev–Trinajstić information content (AvgIpc) is 2.82. The normalized spacial score (nSPS) is 32.9. The van der Waals surface area contributed by atoms with E-state index in [1.54, 1.807) is 0 Å². The standard InChI is InChI=1S/C27H37F3O2/c1-2-3-5-17-8-10-18(11-9-17)19-12-13-21-20(16-19)6-4-7-22(21)27(31)32-24-15-14-23(28)25(29)26(24)30/h14-15,17-22H,2-13,16H2,1H3. The molecule has 1 aromatic carbocycles. The van der Waals surface area contributed by atoms with Gasteiger partial charge in [-0.25, -0.2) is 8.78 Å². The molecule has 3 saturated carbocycles. The number of carbonyl (C=O) groups excluding carboxylic acids is 1. The number of hydrogen-bond donors (Lipinski definition) is 0. The van der Waals surface area contributed by atoms with Crippen LogP contribution in [0.15, 0.2) is 12.1 Å². The van der Waals surface area contributed by atoms with Crippen LogP contribution >= 0.6 is 0 Å². The molecular weight excluding hydrogens is 413 g/mol. The van der Waals surface area contributed by atoms with Gasteiger partial charge in [-0.05, 0) is 80.2 Å². The van der Waals surface area contributed by atoms with Crippen molar-refractivity contribution in [3.8, 4) is 5.75 Å². The van der Waals surface area contributed by atoms with Crippen LogP contribution in [0.3, 0.4) is 0 Å². The fraction of sp³-hybridized carbons (Fsp3) is 0.741. The van der Waals surface area contributed by atoms with Crippen LogP contribution in [0, 0.1) is 53.0 Å². The van der Waals surface area contributed by atoms with Crippen LogP contribution < -0.4 is 4.74 Å². The van der Waals surface area contributed by atoms with Crippen LogP contribution in [0.1, 0.15) is 90.4 Å². The third-order valence-electron chi connectivity index (χ3n) is 8.73. The fourth-order valence-corrected chi connectivity index (χ4v) is 6.93. The lowest BCUT2D eigenvalue weighted by Gasteiger charge is -2.46. The molecule has 0 aliphatic heterocycles. The maximum Gasteiger partial charge on any atom is 0.314 e. The molecule has 0 N–H and O–H groups in total. The predicted molar refractivity (Wildman–Crippen MR) is 119 cm³/mol. The number of carbonyl (C=O) groups is 1. The Balaban J connectivity index is 1.33. The van der Waals surface area contributed by atoms with Crippen molar-refractivity contribution >= 4 is 5.97 Å². The first-order valence-corrected chi connectivity index (χ1v) is 12.8. The second kappa shape index (κ2) is 10.6. The Morgan fingerprint density at radius 3 is 2.41 bits per heavy atom. The van der Waals surface area contributed by atoms with E-state index in [4.69, 9.17) is 4.74 Å².